The van der Waals surface area contributed by atoms with Crippen LogP contribution in [0.15, 0.2) is 29.2 Å². The summed E-state index contributed by atoms with van der Waals surface area (Å²) in [7, 11) is 2.00. The van der Waals surface area contributed by atoms with E-state index >= 15 is 0 Å². The summed E-state index contributed by atoms with van der Waals surface area (Å²) in [6.07, 6.45) is 0. The molecule has 19 heavy (non-hydrogen) atoms. The SMILES string of the molecule is Cc1cc(CN2CCSc3ccc(N)cc32)n(C)n1. The Balaban J connectivity index is 1.91. The molecule has 1 aromatic heterocycles. The smallest absolute Gasteiger partial charge is 0.0599 e. The highest BCUT2D eigenvalue weighted by Crippen LogP contribution is 2.36. The van der Waals surface area contributed by atoms with Crippen LogP contribution in [0.5, 0.6) is 0 Å². The van der Waals surface area contributed by atoms with E-state index in [1.165, 1.54) is 16.3 Å². The Labute approximate surface area is 117 Å². The molecular weight excluding hydrogens is 256 g/mol. The van der Waals surface area contributed by atoms with Gasteiger partial charge in [-0.3, -0.25) is 4.68 Å². The van der Waals surface area contributed by atoms with Crippen molar-refractivity contribution in [2.24, 2.45) is 7.05 Å². The van der Waals surface area contributed by atoms with Gasteiger partial charge in [-0.25, -0.2) is 0 Å². The lowest BCUT2D eigenvalue weighted by atomic mass is 10.2. The summed E-state index contributed by atoms with van der Waals surface area (Å²) in [6.45, 7) is 3.96. The highest BCUT2D eigenvalue weighted by atomic mass is 32.2. The van der Waals surface area contributed by atoms with Crippen LogP contribution in [-0.4, -0.2) is 22.1 Å². The van der Waals surface area contributed by atoms with Gasteiger partial charge in [0.25, 0.3) is 0 Å². The van der Waals surface area contributed by atoms with Gasteiger partial charge in [0.15, 0.2) is 0 Å². The van der Waals surface area contributed by atoms with Crippen LogP contribution in [0, 0.1) is 6.92 Å². The van der Waals surface area contributed by atoms with Gasteiger partial charge in [0.2, 0.25) is 0 Å². The maximum absolute atomic E-state index is 5.92. The van der Waals surface area contributed by atoms with E-state index in [0.717, 1.165) is 30.2 Å². The molecule has 0 saturated heterocycles. The van der Waals surface area contributed by atoms with E-state index in [2.05, 4.69) is 28.2 Å². The van der Waals surface area contributed by atoms with E-state index in [9.17, 15) is 0 Å². The Morgan fingerprint density at radius 2 is 2.21 bits per heavy atom. The van der Waals surface area contributed by atoms with Gasteiger partial charge in [0.05, 0.1) is 23.6 Å². The third-order valence-electron chi connectivity index (χ3n) is 3.39. The second kappa shape index (κ2) is 4.81. The Morgan fingerprint density at radius 1 is 1.37 bits per heavy atom. The van der Waals surface area contributed by atoms with Gasteiger partial charge >= 0.3 is 0 Å². The molecule has 2 heterocycles. The van der Waals surface area contributed by atoms with E-state index in [-0.39, 0.29) is 0 Å². The molecule has 1 aliphatic heterocycles. The van der Waals surface area contributed by atoms with E-state index in [1.54, 1.807) is 0 Å². The largest absolute Gasteiger partial charge is 0.399 e. The first-order valence-corrected chi connectivity index (χ1v) is 7.39. The summed E-state index contributed by atoms with van der Waals surface area (Å²) in [5.74, 6) is 1.12. The zero-order chi connectivity index (χ0) is 13.4. The van der Waals surface area contributed by atoms with Crippen LogP contribution in [0.4, 0.5) is 11.4 Å². The zero-order valence-corrected chi connectivity index (χ0v) is 12.1. The van der Waals surface area contributed by atoms with Crippen molar-refractivity contribution in [2.45, 2.75) is 18.4 Å². The van der Waals surface area contributed by atoms with Crippen molar-refractivity contribution in [1.29, 1.82) is 0 Å². The molecule has 3 rings (SSSR count). The summed E-state index contributed by atoms with van der Waals surface area (Å²) in [5.41, 5.74) is 10.3. The highest BCUT2D eigenvalue weighted by molar-refractivity contribution is 7.99. The van der Waals surface area contributed by atoms with Gasteiger partial charge in [-0.15, -0.1) is 11.8 Å². The third kappa shape index (κ3) is 2.42. The topological polar surface area (TPSA) is 47.1 Å². The molecule has 0 atom stereocenters. The molecule has 0 aliphatic carbocycles. The van der Waals surface area contributed by atoms with Crippen LogP contribution in [0.3, 0.4) is 0 Å². The number of thioether (sulfide) groups is 1. The number of hydrogen-bond acceptors (Lipinski definition) is 4. The van der Waals surface area contributed by atoms with E-state index in [4.69, 9.17) is 5.73 Å². The van der Waals surface area contributed by atoms with Crippen molar-refractivity contribution in [3.63, 3.8) is 0 Å². The van der Waals surface area contributed by atoms with E-state index in [0.29, 0.717) is 0 Å². The summed E-state index contributed by atoms with van der Waals surface area (Å²) in [6, 6.07) is 8.32. The van der Waals surface area contributed by atoms with Crippen molar-refractivity contribution < 1.29 is 0 Å². The lowest BCUT2D eigenvalue weighted by Crippen LogP contribution is -2.29. The first-order valence-electron chi connectivity index (χ1n) is 6.40. The van der Waals surface area contributed by atoms with Gasteiger partial charge in [-0.05, 0) is 31.2 Å². The molecule has 0 bridgehead atoms. The highest BCUT2D eigenvalue weighted by Gasteiger charge is 2.18. The van der Waals surface area contributed by atoms with Crippen LogP contribution < -0.4 is 10.6 Å². The molecule has 100 valence electrons. The first-order chi connectivity index (χ1) is 9.13. The second-order valence-electron chi connectivity index (χ2n) is 4.90. The quantitative estimate of drug-likeness (QED) is 0.854. The second-order valence-corrected chi connectivity index (χ2v) is 6.03. The van der Waals surface area contributed by atoms with Gasteiger partial charge < -0.3 is 10.6 Å². The minimum Gasteiger partial charge on any atom is -0.399 e. The molecule has 0 unspecified atom stereocenters. The molecule has 2 N–H and O–H groups in total. The fraction of sp³-hybridized carbons (Fsp3) is 0.357. The molecule has 0 spiro atoms. The molecule has 4 nitrogen and oxygen atoms in total. The number of rotatable bonds is 2. The summed E-state index contributed by atoms with van der Waals surface area (Å²) >= 11 is 1.90. The number of nitrogen functional groups attached to an aromatic ring is 1. The number of nitrogens with two attached hydrogens (primary N) is 1. The summed E-state index contributed by atoms with van der Waals surface area (Å²) in [4.78, 5) is 3.71. The number of benzene rings is 1. The monoisotopic (exact) mass is 274 g/mol. The Morgan fingerprint density at radius 3 is 2.95 bits per heavy atom. The number of nitrogens with zero attached hydrogens (tertiary/aromatic N) is 3. The predicted molar refractivity (Wildman–Crippen MR) is 80.6 cm³/mol. The third-order valence-corrected chi connectivity index (χ3v) is 4.44. The van der Waals surface area contributed by atoms with Gasteiger partial charge in [-0.2, -0.15) is 5.10 Å². The standard InChI is InChI=1S/C14H18N4S/c1-10-7-12(17(2)16-10)9-18-5-6-19-14-4-3-11(15)8-13(14)18/h3-4,7-8H,5-6,9,15H2,1-2H3. The molecule has 0 amide bonds. The molecular formula is C14H18N4S. The van der Waals surface area contributed by atoms with E-state index < -0.39 is 0 Å². The van der Waals surface area contributed by atoms with Crippen molar-refractivity contribution in [1.82, 2.24) is 9.78 Å². The van der Waals surface area contributed by atoms with Crippen LogP contribution in [-0.2, 0) is 13.6 Å². The van der Waals surface area contributed by atoms with Gasteiger partial charge in [0, 0.05) is 29.9 Å². The Kier molecular flexibility index (Phi) is 3.14. The normalized spacial score (nSPS) is 14.5. The number of fused-ring (bicyclic) bond motifs is 1. The van der Waals surface area contributed by atoms with Crippen LogP contribution in [0.1, 0.15) is 11.4 Å². The molecule has 1 aliphatic rings. The maximum Gasteiger partial charge on any atom is 0.0599 e. The minimum absolute atomic E-state index is 0.826. The minimum atomic E-state index is 0.826. The number of hydrogen-bond donors (Lipinski definition) is 1. The molecule has 5 heteroatoms. The maximum atomic E-state index is 5.92. The van der Waals surface area contributed by atoms with Crippen molar-refractivity contribution in [3.05, 3.63) is 35.7 Å². The number of aromatic nitrogens is 2. The predicted octanol–water partition coefficient (Wildman–Crippen LogP) is 2.42. The van der Waals surface area contributed by atoms with Crippen LogP contribution >= 0.6 is 11.8 Å². The van der Waals surface area contributed by atoms with Crippen LogP contribution in [0.25, 0.3) is 0 Å². The number of aryl methyl sites for hydroxylation is 2. The Bertz CT molecular complexity index is 605. The average Bonchev–Trinajstić information content (AvgIpc) is 2.69. The van der Waals surface area contributed by atoms with Crippen molar-refractivity contribution >= 4 is 23.1 Å². The lowest BCUT2D eigenvalue weighted by molar-refractivity contribution is 0.679. The average molecular weight is 274 g/mol. The molecule has 0 fully saturated rings. The lowest BCUT2D eigenvalue weighted by Gasteiger charge is -2.31. The summed E-state index contributed by atoms with van der Waals surface area (Å²) in [5, 5.41) is 4.41. The first kappa shape index (κ1) is 12.4. The fourth-order valence-corrected chi connectivity index (χ4v) is 3.49. The molecule has 0 radical (unpaired) electrons. The van der Waals surface area contributed by atoms with Crippen molar-refractivity contribution in [3.8, 4) is 0 Å². The molecule has 2 aromatic rings. The number of anilines is 2. The zero-order valence-electron chi connectivity index (χ0n) is 11.3. The fourth-order valence-electron chi connectivity index (χ4n) is 2.46. The van der Waals surface area contributed by atoms with Crippen molar-refractivity contribution in [2.75, 3.05) is 22.9 Å². The molecule has 0 saturated carbocycles. The summed E-state index contributed by atoms with van der Waals surface area (Å²) < 4.78 is 1.96. The Hall–Kier alpha value is -1.62. The van der Waals surface area contributed by atoms with Gasteiger partial charge in [0.1, 0.15) is 0 Å². The van der Waals surface area contributed by atoms with Crippen LogP contribution in [0.2, 0.25) is 0 Å². The molecule has 1 aromatic carbocycles. The van der Waals surface area contributed by atoms with E-state index in [1.807, 2.05) is 36.5 Å². The van der Waals surface area contributed by atoms with Gasteiger partial charge in [-0.1, -0.05) is 0 Å².